The highest BCUT2D eigenvalue weighted by Gasteiger charge is 2.34. The van der Waals surface area contributed by atoms with Crippen LogP contribution in [0.2, 0.25) is 0 Å². The molecular formula is C20H38IN7O. The monoisotopic (exact) mass is 519 g/mol. The van der Waals surface area contributed by atoms with Crippen molar-refractivity contribution in [3.05, 3.63) is 11.6 Å². The van der Waals surface area contributed by atoms with Crippen molar-refractivity contribution < 1.29 is 4.74 Å². The Morgan fingerprint density at radius 3 is 2.48 bits per heavy atom. The highest BCUT2D eigenvalue weighted by atomic mass is 127. The predicted octanol–water partition coefficient (Wildman–Crippen LogP) is 2.08. The van der Waals surface area contributed by atoms with E-state index in [1.807, 2.05) is 18.5 Å². The number of aromatic nitrogens is 3. The van der Waals surface area contributed by atoms with Gasteiger partial charge >= 0.3 is 0 Å². The smallest absolute Gasteiger partial charge is 0.191 e. The summed E-state index contributed by atoms with van der Waals surface area (Å²) in [5, 5.41) is 15.4. The lowest BCUT2D eigenvalue weighted by Gasteiger charge is -2.42. The molecule has 3 rings (SSSR count). The van der Waals surface area contributed by atoms with Crippen LogP contribution >= 0.6 is 24.0 Å². The number of halogens is 1. The third-order valence-electron chi connectivity index (χ3n) is 6.11. The van der Waals surface area contributed by atoms with Crippen molar-refractivity contribution in [1.82, 2.24) is 30.3 Å². The molecule has 1 aliphatic carbocycles. The van der Waals surface area contributed by atoms with E-state index in [9.17, 15) is 0 Å². The number of ether oxygens (including phenoxy) is 1. The normalized spacial score (nSPS) is 20.2. The number of rotatable bonds is 7. The van der Waals surface area contributed by atoms with Crippen LogP contribution < -0.4 is 10.6 Å². The second kappa shape index (κ2) is 12.0. The lowest BCUT2D eigenvalue weighted by molar-refractivity contribution is 0.00820. The van der Waals surface area contributed by atoms with Crippen molar-refractivity contribution in [2.75, 3.05) is 45.9 Å². The molecule has 0 bridgehead atoms. The molecule has 9 heteroatoms. The fourth-order valence-corrected chi connectivity index (χ4v) is 4.28. The summed E-state index contributed by atoms with van der Waals surface area (Å²) in [4.78, 5) is 7.34. The van der Waals surface area contributed by atoms with Crippen LogP contribution in [0.1, 0.15) is 50.7 Å². The third kappa shape index (κ3) is 7.06. The van der Waals surface area contributed by atoms with Gasteiger partial charge in [0.05, 0.1) is 13.2 Å². The van der Waals surface area contributed by atoms with Crippen LogP contribution in [0.15, 0.2) is 4.99 Å². The average molecular weight is 519 g/mol. The third-order valence-corrected chi connectivity index (χ3v) is 6.11. The Bertz CT molecular complexity index is 637. The van der Waals surface area contributed by atoms with E-state index in [4.69, 9.17) is 9.73 Å². The molecule has 8 nitrogen and oxygen atoms in total. The standard InChI is InChI=1S/C20H37N7O.HI/c1-4-21-19(22-14-18-25-24-17(2)26(18)3)23-15-20(8-6-5-7-9-20)16-27-10-12-28-13-11-27;/h4-16H2,1-3H3,(H2,21,22,23);1H. The lowest BCUT2D eigenvalue weighted by atomic mass is 9.73. The summed E-state index contributed by atoms with van der Waals surface area (Å²) in [6, 6.07) is 0. The number of morpholine rings is 1. The van der Waals surface area contributed by atoms with Crippen LogP contribution in [0.4, 0.5) is 0 Å². The van der Waals surface area contributed by atoms with Gasteiger partial charge in [0.25, 0.3) is 0 Å². The first-order valence-corrected chi connectivity index (χ1v) is 10.8. The molecule has 0 amide bonds. The van der Waals surface area contributed by atoms with E-state index < -0.39 is 0 Å². The first-order chi connectivity index (χ1) is 13.6. The van der Waals surface area contributed by atoms with Gasteiger partial charge in [0.1, 0.15) is 12.4 Å². The molecule has 0 unspecified atom stereocenters. The summed E-state index contributed by atoms with van der Waals surface area (Å²) in [5.41, 5.74) is 0.327. The summed E-state index contributed by atoms with van der Waals surface area (Å²) in [6.45, 7) is 11.4. The van der Waals surface area contributed by atoms with E-state index in [1.54, 1.807) is 0 Å². The van der Waals surface area contributed by atoms with Crippen LogP contribution in [0.3, 0.4) is 0 Å². The molecule has 1 aliphatic heterocycles. The minimum atomic E-state index is 0. The largest absolute Gasteiger partial charge is 0.379 e. The SMILES string of the molecule is CCNC(=NCc1nnc(C)n1C)NCC1(CN2CCOCC2)CCCCC1.I. The molecular weight excluding hydrogens is 481 g/mol. The van der Waals surface area contributed by atoms with E-state index in [2.05, 4.69) is 32.7 Å². The van der Waals surface area contributed by atoms with Gasteiger partial charge in [-0.05, 0) is 26.7 Å². The molecule has 2 heterocycles. The molecule has 29 heavy (non-hydrogen) atoms. The molecule has 2 N–H and O–H groups in total. The number of aliphatic imine (C=N–C) groups is 1. The van der Waals surface area contributed by atoms with Gasteiger partial charge in [-0.2, -0.15) is 0 Å². The number of nitrogens with one attached hydrogen (secondary N) is 2. The summed E-state index contributed by atoms with van der Waals surface area (Å²) in [5.74, 6) is 2.67. The Labute approximate surface area is 192 Å². The van der Waals surface area contributed by atoms with Crippen LogP contribution in [0.5, 0.6) is 0 Å². The van der Waals surface area contributed by atoms with Crippen LogP contribution in [0.25, 0.3) is 0 Å². The molecule has 0 aromatic carbocycles. The molecule has 2 aliphatic rings. The highest BCUT2D eigenvalue weighted by Crippen LogP contribution is 2.36. The van der Waals surface area contributed by atoms with E-state index in [0.717, 1.165) is 63.5 Å². The second-order valence-electron chi connectivity index (χ2n) is 8.22. The van der Waals surface area contributed by atoms with Crippen LogP contribution in [-0.4, -0.2) is 71.6 Å². The van der Waals surface area contributed by atoms with Crippen LogP contribution in [-0.2, 0) is 18.3 Å². The zero-order valence-electron chi connectivity index (χ0n) is 18.2. The van der Waals surface area contributed by atoms with Crippen molar-refractivity contribution in [1.29, 1.82) is 0 Å². The Balaban J connectivity index is 0.00000300. The molecule has 0 atom stereocenters. The zero-order valence-corrected chi connectivity index (χ0v) is 20.6. The molecule has 0 spiro atoms. The molecule has 166 valence electrons. The van der Waals surface area contributed by atoms with Gasteiger partial charge in [0.15, 0.2) is 11.8 Å². The quantitative estimate of drug-likeness (QED) is 0.326. The summed E-state index contributed by atoms with van der Waals surface area (Å²) >= 11 is 0. The lowest BCUT2D eigenvalue weighted by Crippen LogP contribution is -2.51. The Hall–Kier alpha value is -0.940. The Morgan fingerprint density at radius 1 is 1.14 bits per heavy atom. The summed E-state index contributed by atoms with van der Waals surface area (Å²) in [7, 11) is 1.99. The maximum atomic E-state index is 5.54. The second-order valence-corrected chi connectivity index (χ2v) is 8.22. The van der Waals surface area contributed by atoms with E-state index >= 15 is 0 Å². The van der Waals surface area contributed by atoms with Gasteiger partial charge in [0.2, 0.25) is 0 Å². The summed E-state index contributed by atoms with van der Waals surface area (Å²) < 4.78 is 7.53. The number of hydrogen-bond donors (Lipinski definition) is 2. The van der Waals surface area contributed by atoms with Crippen molar-refractivity contribution in [2.45, 2.75) is 52.5 Å². The van der Waals surface area contributed by atoms with Gasteiger partial charge in [-0.1, -0.05) is 19.3 Å². The maximum Gasteiger partial charge on any atom is 0.191 e. The maximum absolute atomic E-state index is 5.54. The van der Waals surface area contributed by atoms with E-state index in [-0.39, 0.29) is 24.0 Å². The van der Waals surface area contributed by atoms with Gasteiger partial charge in [-0.3, -0.25) is 4.90 Å². The number of nitrogens with zero attached hydrogens (tertiary/aromatic N) is 5. The first kappa shape index (κ1) is 24.3. The fourth-order valence-electron chi connectivity index (χ4n) is 4.28. The fraction of sp³-hybridized carbons (Fsp3) is 0.850. The number of guanidine groups is 1. The van der Waals surface area contributed by atoms with Gasteiger partial charge in [-0.15, -0.1) is 34.2 Å². The van der Waals surface area contributed by atoms with Gasteiger partial charge in [-0.25, -0.2) is 4.99 Å². The molecule has 1 saturated heterocycles. The predicted molar refractivity (Wildman–Crippen MR) is 127 cm³/mol. The van der Waals surface area contributed by atoms with Crippen molar-refractivity contribution in [2.24, 2.45) is 17.5 Å². The van der Waals surface area contributed by atoms with Gasteiger partial charge < -0.3 is 19.9 Å². The minimum absolute atomic E-state index is 0. The van der Waals surface area contributed by atoms with E-state index in [1.165, 1.54) is 32.1 Å². The molecule has 2 fully saturated rings. The molecule has 1 saturated carbocycles. The van der Waals surface area contributed by atoms with E-state index in [0.29, 0.717) is 12.0 Å². The molecule has 1 aromatic heterocycles. The summed E-state index contributed by atoms with van der Waals surface area (Å²) in [6.07, 6.45) is 6.61. The molecule has 0 radical (unpaired) electrons. The highest BCUT2D eigenvalue weighted by molar-refractivity contribution is 14.0. The zero-order chi connectivity index (χ0) is 19.8. The number of aryl methyl sites for hydroxylation is 1. The number of hydrogen-bond acceptors (Lipinski definition) is 5. The topological polar surface area (TPSA) is 79.6 Å². The molecule has 1 aromatic rings. The van der Waals surface area contributed by atoms with Crippen molar-refractivity contribution in [3.8, 4) is 0 Å². The van der Waals surface area contributed by atoms with Crippen LogP contribution in [0, 0.1) is 12.3 Å². The minimum Gasteiger partial charge on any atom is -0.379 e. The van der Waals surface area contributed by atoms with Gasteiger partial charge in [0, 0.05) is 45.2 Å². The average Bonchev–Trinajstić information content (AvgIpc) is 3.04. The Morgan fingerprint density at radius 2 is 1.86 bits per heavy atom. The Kier molecular flexibility index (Phi) is 10.1. The van der Waals surface area contributed by atoms with Crippen molar-refractivity contribution in [3.63, 3.8) is 0 Å². The first-order valence-electron chi connectivity index (χ1n) is 10.8. The van der Waals surface area contributed by atoms with Crippen molar-refractivity contribution >= 4 is 29.9 Å².